The summed E-state index contributed by atoms with van der Waals surface area (Å²) in [6, 6.07) is 10.4. The SMILES string of the molecule is CC.CC(C)(C#N)c1c[nH]c2ccccc12. The maximum absolute atomic E-state index is 9.06. The first-order chi connectivity index (χ1) is 7.65. The van der Waals surface area contributed by atoms with E-state index >= 15 is 0 Å². The number of aromatic nitrogens is 1. The summed E-state index contributed by atoms with van der Waals surface area (Å²) in [7, 11) is 0. The van der Waals surface area contributed by atoms with Crippen molar-refractivity contribution in [1.82, 2.24) is 4.98 Å². The molecule has 2 rings (SSSR count). The normalized spacial score (nSPS) is 10.4. The molecule has 0 saturated carbocycles. The summed E-state index contributed by atoms with van der Waals surface area (Å²) in [6.07, 6.45) is 1.92. The standard InChI is InChI=1S/C12H12N2.C2H6/c1-12(2,8-13)10-7-14-11-6-4-3-5-9(10)11;1-2/h3-7,14H,1-2H3;1-2H3. The summed E-state index contributed by atoms with van der Waals surface area (Å²) in [5.41, 5.74) is 1.72. The van der Waals surface area contributed by atoms with Crippen molar-refractivity contribution in [2.75, 3.05) is 0 Å². The highest BCUT2D eigenvalue weighted by atomic mass is 14.7. The number of nitriles is 1. The van der Waals surface area contributed by atoms with Crippen LogP contribution in [0.25, 0.3) is 10.9 Å². The molecule has 1 aromatic carbocycles. The Bertz CT molecular complexity index is 501. The van der Waals surface area contributed by atoms with Crippen molar-refractivity contribution in [3.05, 3.63) is 36.0 Å². The predicted molar refractivity (Wildman–Crippen MR) is 68.3 cm³/mol. The molecule has 84 valence electrons. The zero-order valence-corrected chi connectivity index (χ0v) is 10.3. The van der Waals surface area contributed by atoms with E-state index in [0.29, 0.717) is 0 Å². The van der Waals surface area contributed by atoms with Gasteiger partial charge in [-0.05, 0) is 25.5 Å². The molecule has 0 aliphatic carbocycles. The average molecular weight is 214 g/mol. The van der Waals surface area contributed by atoms with E-state index in [4.69, 9.17) is 5.26 Å². The molecular weight excluding hydrogens is 196 g/mol. The first kappa shape index (κ1) is 12.3. The minimum absolute atomic E-state index is 0.431. The minimum Gasteiger partial charge on any atom is -0.361 e. The van der Waals surface area contributed by atoms with E-state index in [1.54, 1.807) is 0 Å². The molecule has 0 amide bonds. The molecule has 0 spiro atoms. The molecule has 0 fully saturated rings. The van der Waals surface area contributed by atoms with Crippen molar-refractivity contribution < 1.29 is 0 Å². The van der Waals surface area contributed by atoms with E-state index in [1.807, 2.05) is 58.2 Å². The monoisotopic (exact) mass is 214 g/mol. The molecular formula is C14H18N2. The summed E-state index contributed by atoms with van der Waals surface area (Å²) in [6.45, 7) is 7.87. The number of hydrogen-bond acceptors (Lipinski definition) is 1. The lowest BCUT2D eigenvalue weighted by Gasteiger charge is -2.13. The summed E-state index contributed by atoms with van der Waals surface area (Å²) in [5, 5.41) is 10.2. The van der Waals surface area contributed by atoms with Crippen LogP contribution in [-0.2, 0) is 5.41 Å². The summed E-state index contributed by atoms with van der Waals surface area (Å²) in [5.74, 6) is 0. The van der Waals surface area contributed by atoms with Gasteiger partial charge in [-0.25, -0.2) is 0 Å². The molecule has 16 heavy (non-hydrogen) atoms. The van der Waals surface area contributed by atoms with Crippen LogP contribution in [0.3, 0.4) is 0 Å². The molecule has 0 radical (unpaired) electrons. The van der Waals surface area contributed by atoms with Gasteiger partial charge in [0, 0.05) is 17.1 Å². The summed E-state index contributed by atoms with van der Waals surface area (Å²) >= 11 is 0. The number of rotatable bonds is 1. The van der Waals surface area contributed by atoms with Gasteiger partial charge in [0.25, 0.3) is 0 Å². The van der Waals surface area contributed by atoms with Crippen LogP contribution in [0.5, 0.6) is 0 Å². The van der Waals surface area contributed by atoms with Gasteiger partial charge in [0.15, 0.2) is 0 Å². The van der Waals surface area contributed by atoms with Gasteiger partial charge >= 0.3 is 0 Å². The van der Waals surface area contributed by atoms with Crippen LogP contribution in [0, 0.1) is 11.3 Å². The molecule has 1 aromatic heterocycles. The smallest absolute Gasteiger partial charge is 0.0786 e. The number of hydrogen-bond donors (Lipinski definition) is 1. The molecule has 0 unspecified atom stereocenters. The Morgan fingerprint density at radius 3 is 2.44 bits per heavy atom. The second-order valence-corrected chi connectivity index (χ2v) is 3.98. The van der Waals surface area contributed by atoms with Crippen LogP contribution in [0.1, 0.15) is 33.3 Å². The summed E-state index contributed by atoms with van der Waals surface area (Å²) < 4.78 is 0. The molecule has 1 heterocycles. The highest BCUT2D eigenvalue weighted by Crippen LogP contribution is 2.29. The first-order valence-corrected chi connectivity index (χ1v) is 5.63. The van der Waals surface area contributed by atoms with E-state index in [0.717, 1.165) is 16.5 Å². The van der Waals surface area contributed by atoms with Crippen molar-refractivity contribution in [2.45, 2.75) is 33.1 Å². The number of benzene rings is 1. The van der Waals surface area contributed by atoms with Crippen molar-refractivity contribution in [1.29, 1.82) is 5.26 Å². The molecule has 2 nitrogen and oxygen atoms in total. The Labute approximate surface area is 96.9 Å². The maximum Gasteiger partial charge on any atom is 0.0786 e. The number of fused-ring (bicyclic) bond motifs is 1. The Morgan fingerprint density at radius 2 is 1.81 bits per heavy atom. The van der Waals surface area contributed by atoms with Crippen molar-refractivity contribution in [3.8, 4) is 6.07 Å². The lowest BCUT2D eigenvalue weighted by atomic mass is 9.86. The minimum atomic E-state index is -0.431. The zero-order valence-electron chi connectivity index (χ0n) is 10.3. The molecule has 0 atom stereocenters. The fourth-order valence-electron chi connectivity index (χ4n) is 1.65. The fraction of sp³-hybridized carbons (Fsp3) is 0.357. The quantitative estimate of drug-likeness (QED) is 0.765. The molecule has 2 heteroatoms. The Kier molecular flexibility index (Phi) is 3.73. The van der Waals surface area contributed by atoms with Gasteiger partial charge < -0.3 is 4.98 Å². The topological polar surface area (TPSA) is 39.6 Å². The van der Waals surface area contributed by atoms with Crippen LogP contribution >= 0.6 is 0 Å². The number of aromatic amines is 1. The fourth-order valence-corrected chi connectivity index (χ4v) is 1.65. The lowest BCUT2D eigenvalue weighted by molar-refractivity contribution is 0.693. The third kappa shape index (κ3) is 2.09. The zero-order chi connectivity index (χ0) is 12.2. The van der Waals surface area contributed by atoms with Crippen LogP contribution in [0.15, 0.2) is 30.5 Å². The maximum atomic E-state index is 9.06. The Balaban J connectivity index is 0.000000606. The third-order valence-electron chi connectivity index (χ3n) is 2.54. The third-order valence-corrected chi connectivity index (χ3v) is 2.54. The van der Waals surface area contributed by atoms with E-state index in [-0.39, 0.29) is 0 Å². The van der Waals surface area contributed by atoms with E-state index in [2.05, 4.69) is 11.1 Å². The number of nitrogens with zero attached hydrogens (tertiary/aromatic N) is 1. The lowest BCUT2D eigenvalue weighted by Crippen LogP contribution is -2.12. The van der Waals surface area contributed by atoms with Crippen LogP contribution < -0.4 is 0 Å². The van der Waals surface area contributed by atoms with Crippen molar-refractivity contribution >= 4 is 10.9 Å². The largest absolute Gasteiger partial charge is 0.361 e. The van der Waals surface area contributed by atoms with E-state index in [1.165, 1.54) is 0 Å². The van der Waals surface area contributed by atoms with Gasteiger partial charge in [-0.1, -0.05) is 32.0 Å². The molecule has 0 saturated heterocycles. The summed E-state index contributed by atoms with van der Waals surface area (Å²) in [4.78, 5) is 3.18. The van der Waals surface area contributed by atoms with E-state index < -0.39 is 5.41 Å². The average Bonchev–Trinajstić information content (AvgIpc) is 2.76. The first-order valence-electron chi connectivity index (χ1n) is 5.63. The second-order valence-electron chi connectivity index (χ2n) is 3.98. The molecule has 0 aliphatic heterocycles. The Morgan fingerprint density at radius 1 is 1.19 bits per heavy atom. The van der Waals surface area contributed by atoms with Crippen LogP contribution in [0.2, 0.25) is 0 Å². The van der Waals surface area contributed by atoms with Crippen LogP contribution in [-0.4, -0.2) is 4.98 Å². The second kappa shape index (κ2) is 4.85. The van der Waals surface area contributed by atoms with Crippen molar-refractivity contribution in [2.24, 2.45) is 0 Å². The van der Waals surface area contributed by atoms with Gasteiger partial charge in [-0.3, -0.25) is 0 Å². The van der Waals surface area contributed by atoms with Gasteiger partial charge in [0.05, 0.1) is 11.5 Å². The van der Waals surface area contributed by atoms with Crippen molar-refractivity contribution in [3.63, 3.8) is 0 Å². The number of H-pyrrole nitrogens is 1. The van der Waals surface area contributed by atoms with E-state index in [9.17, 15) is 0 Å². The van der Waals surface area contributed by atoms with Crippen LogP contribution in [0.4, 0.5) is 0 Å². The molecule has 0 bridgehead atoms. The molecule has 0 aliphatic rings. The van der Waals surface area contributed by atoms with Gasteiger partial charge in [-0.15, -0.1) is 0 Å². The molecule has 1 N–H and O–H groups in total. The Hall–Kier alpha value is -1.75. The predicted octanol–water partition coefficient (Wildman–Crippen LogP) is 4.00. The highest BCUT2D eigenvalue weighted by molar-refractivity contribution is 5.84. The van der Waals surface area contributed by atoms with Gasteiger partial charge in [0.2, 0.25) is 0 Å². The molecule has 2 aromatic rings. The highest BCUT2D eigenvalue weighted by Gasteiger charge is 2.22. The van der Waals surface area contributed by atoms with Gasteiger partial charge in [-0.2, -0.15) is 5.26 Å². The number of nitrogens with one attached hydrogen (secondary N) is 1. The number of para-hydroxylation sites is 1. The van der Waals surface area contributed by atoms with Gasteiger partial charge in [0.1, 0.15) is 0 Å².